The summed E-state index contributed by atoms with van der Waals surface area (Å²) >= 11 is 7.50. The second-order valence-corrected chi connectivity index (χ2v) is 9.87. The van der Waals surface area contributed by atoms with Gasteiger partial charge in [0, 0.05) is 11.4 Å². The first-order chi connectivity index (χ1) is 12.4. The second kappa shape index (κ2) is 6.87. The Morgan fingerprint density at radius 2 is 1.96 bits per heavy atom. The van der Waals surface area contributed by atoms with Crippen LogP contribution in [0.1, 0.15) is 5.56 Å². The Kier molecular flexibility index (Phi) is 4.71. The van der Waals surface area contributed by atoms with Crippen molar-refractivity contribution in [3.8, 4) is 0 Å². The van der Waals surface area contributed by atoms with E-state index in [0.29, 0.717) is 5.69 Å². The van der Waals surface area contributed by atoms with E-state index < -0.39 is 15.7 Å². The molecule has 4 rings (SSSR count). The molecule has 2 aromatic rings. The van der Waals surface area contributed by atoms with Crippen LogP contribution in [0.2, 0.25) is 5.02 Å². The number of halogens is 2. The molecule has 0 amide bonds. The van der Waals surface area contributed by atoms with E-state index in [4.69, 9.17) is 11.6 Å². The molecule has 2 atom stereocenters. The summed E-state index contributed by atoms with van der Waals surface area (Å²) in [4.78, 5) is 6.56. The molecule has 8 heteroatoms. The number of nitrogens with zero attached hydrogens (tertiary/aromatic N) is 2. The molecule has 2 aliphatic heterocycles. The van der Waals surface area contributed by atoms with Crippen LogP contribution in [0.25, 0.3) is 0 Å². The van der Waals surface area contributed by atoms with Crippen molar-refractivity contribution in [3.05, 3.63) is 64.9 Å². The van der Waals surface area contributed by atoms with Crippen molar-refractivity contribution in [2.75, 3.05) is 16.4 Å². The molecule has 2 aliphatic rings. The molecule has 0 aliphatic carbocycles. The average Bonchev–Trinajstić information content (AvgIpc) is 3.07. The van der Waals surface area contributed by atoms with Crippen molar-refractivity contribution in [2.24, 2.45) is 4.99 Å². The summed E-state index contributed by atoms with van der Waals surface area (Å²) in [6, 6.07) is 13.9. The molecule has 2 heterocycles. The van der Waals surface area contributed by atoms with Crippen LogP contribution in [0.4, 0.5) is 10.1 Å². The number of thioether (sulfide) groups is 1. The van der Waals surface area contributed by atoms with Gasteiger partial charge in [0.2, 0.25) is 0 Å². The maximum Gasteiger partial charge on any atom is 0.164 e. The molecule has 0 saturated carbocycles. The van der Waals surface area contributed by atoms with E-state index in [2.05, 4.69) is 4.99 Å². The van der Waals surface area contributed by atoms with Gasteiger partial charge in [0.15, 0.2) is 15.0 Å². The van der Waals surface area contributed by atoms with Crippen LogP contribution < -0.4 is 4.90 Å². The Hall–Kier alpha value is -1.57. The molecule has 4 nitrogen and oxygen atoms in total. The van der Waals surface area contributed by atoms with Gasteiger partial charge in [-0.25, -0.2) is 12.8 Å². The number of hydrogen-bond acceptors (Lipinski definition) is 5. The van der Waals surface area contributed by atoms with Crippen molar-refractivity contribution in [1.82, 2.24) is 0 Å². The number of hydrogen-bond donors (Lipinski definition) is 0. The first-order valence-electron chi connectivity index (χ1n) is 8.12. The third-order valence-corrected chi connectivity index (χ3v) is 7.53. The fraction of sp³-hybridized carbons (Fsp3) is 0.278. The largest absolute Gasteiger partial charge is 0.315 e. The SMILES string of the molecule is O=S1(=O)C[C@H]2N=C(SCc3ccccc3)N(c3ccc(F)c(Cl)c3)[C@H]2C1. The normalized spacial score (nSPS) is 23.8. The zero-order valence-electron chi connectivity index (χ0n) is 13.7. The highest BCUT2D eigenvalue weighted by molar-refractivity contribution is 8.13. The van der Waals surface area contributed by atoms with Crippen LogP contribution in [0.3, 0.4) is 0 Å². The Morgan fingerprint density at radius 1 is 1.19 bits per heavy atom. The number of amidine groups is 1. The van der Waals surface area contributed by atoms with Crippen LogP contribution >= 0.6 is 23.4 Å². The van der Waals surface area contributed by atoms with Crippen LogP contribution in [0.5, 0.6) is 0 Å². The molecule has 0 N–H and O–H groups in total. The molecule has 0 radical (unpaired) electrons. The number of benzene rings is 2. The first kappa shape index (κ1) is 17.8. The first-order valence-corrected chi connectivity index (χ1v) is 11.3. The van der Waals surface area contributed by atoms with Gasteiger partial charge in [-0.1, -0.05) is 53.7 Å². The summed E-state index contributed by atoms with van der Waals surface area (Å²) in [5, 5.41) is 0.764. The van der Waals surface area contributed by atoms with Gasteiger partial charge < -0.3 is 4.90 Å². The third kappa shape index (κ3) is 3.48. The van der Waals surface area contributed by atoms with E-state index in [1.54, 1.807) is 17.8 Å². The van der Waals surface area contributed by atoms with Gasteiger partial charge in [-0.15, -0.1) is 0 Å². The predicted molar refractivity (Wildman–Crippen MR) is 105 cm³/mol. The van der Waals surface area contributed by atoms with Crippen molar-refractivity contribution in [1.29, 1.82) is 0 Å². The fourth-order valence-corrected chi connectivity index (χ4v) is 6.39. The Balaban J connectivity index is 1.65. The molecule has 1 fully saturated rings. The molecule has 0 aromatic heterocycles. The van der Waals surface area contributed by atoms with Crippen molar-refractivity contribution in [3.63, 3.8) is 0 Å². The Morgan fingerprint density at radius 3 is 2.69 bits per heavy atom. The molecule has 0 bridgehead atoms. The molecule has 0 unspecified atom stereocenters. The number of sulfone groups is 1. The maximum atomic E-state index is 13.6. The monoisotopic (exact) mass is 410 g/mol. The quantitative estimate of drug-likeness (QED) is 0.773. The van der Waals surface area contributed by atoms with Gasteiger partial charge in [0.05, 0.1) is 28.6 Å². The topological polar surface area (TPSA) is 49.7 Å². The summed E-state index contributed by atoms with van der Waals surface area (Å²) in [5.74, 6) is 0.321. The molecule has 1 saturated heterocycles. The maximum absolute atomic E-state index is 13.6. The summed E-state index contributed by atoms with van der Waals surface area (Å²) < 4.78 is 37.6. The molecular formula is C18H16ClFN2O2S2. The molecule has 2 aromatic carbocycles. The van der Waals surface area contributed by atoms with E-state index in [1.807, 2.05) is 35.2 Å². The molecule has 136 valence electrons. The third-order valence-electron chi connectivity index (χ3n) is 4.50. The Labute approximate surface area is 161 Å². The van der Waals surface area contributed by atoms with E-state index >= 15 is 0 Å². The summed E-state index contributed by atoms with van der Waals surface area (Å²) in [5.41, 5.74) is 1.82. The minimum absolute atomic E-state index is 0.0132. The van der Waals surface area contributed by atoms with E-state index in [1.165, 1.54) is 12.1 Å². The van der Waals surface area contributed by atoms with Gasteiger partial charge in [-0.2, -0.15) is 0 Å². The lowest BCUT2D eigenvalue weighted by Crippen LogP contribution is -2.39. The molecular weight excluding hydrogens is 395 g/mol. The van der Waals surface area contributed by atoms with E-state index in [0.717, 1.165) is 16.5 Å². The predicted octanol–water partition coefficient (Wildman–Crippen LogP) is 3.75. The smallest absolute Gasteiger partial charge is 0.164 e. The van der Waals surface area contributed by atoms with E-state index in [-0.39, 0.29) is 28.6 Å². The minimum Gasteiger partial charge on any atom is -0.315 e. The van der Waals surface area contributed by atoms with Gasteiger partial charge in [0.25, 0.3) is 0 Å². The zero-order valence-corrected chi connectivity index (χ0v) is 16.1. The van der Waals surface area contributed by atoms with Gasteiger partial charge in [-0.3, -0.25) is 4.99 Å². The van der Waals surface area contributed by atoms with Crippen LogP contribution in [-0.4, -0.2) is 37.2 Å². The van der Waals surface area contributed by atoms with Crippen molar-refractivity contribution in [2.45, 2.75) is 17.8 Å². The van der Waals surface area contributed by atoms with Gasteiger partial charge in [0.1, 0.15) is 5.82 Å². The average molecular weight is 411 g/mol. The summed E-state index contributed by atoms with van der Waals surface area (Å²) in [7, 11) is -3.12. The molecule has 0 spiro atoms. The van der Waals surface area contributed by atoms with Crippen LogP contribution in [0, 0.1) is 5.82 Å². The molecule has 26 heavy (non-hydrogen) atoms. The highest BCUT2D eigenvalue weighted by Gasteiger charge is 2.47. The van der Waals surface area contributed by atoms with Gasteiger partial charge >= 0.3 is 0 Å². The standard InChI is InChI=1S/C18H16ClFN2O2S2/c19-14-8-13(6-7-15(14)20)22-17-11-26(23,24)10-16(17)21-18(22)25-9-12-4-2-1-3-5-12/h1-8,16-17H,9-11H2/t16-,17+/m1/s1. The van der Waals surface area contributed by atoms with Crippen LogP contribution in [0.15, 0.2) is 53.5 Å². The highest BCUT2D eigenvalue weighted by Crippen LogP contribution is 2.37. The van der Waals surface area contributed by atoms with Gasteiger partial charge in [-0.05, 0) is 23.8 Å². The summed E-state index contributed by atoms with van der Waals surface area (Å²) in [6.45, 7) is 0. The number of aliphatic imine (C=N–C) groups is 1. The zero-order chi connectivity index (χ0) is 18.3. The minimum atomic E-state index is -3.12. The Bertz CT molecular complexity index is 966. The fourth-order valence-electron chi connectivity index (χ4n) is 3.29. The van der Waals surface area contributed by atoms with Crippen LogP contribution in [-0.2, 0) is 15.6 Å². The lowest BCUT2D eigenvalue weighted by Gasteiger charge is -2.26. The van der Waals surface area contributed by atoms with Crippen molar-refractivity contribution < 1.29 is 12.8 Å². The highest BCUT2D eigenvalue weighted by atomic mass is 35.5. The lowest BCUT2D eigenvalue weighted by atomic mass is 10.1. The number of rotatable bonds is 3. The number of anilines is 1. The van der Waals surface area contributed by atoms with Crippen molar-refractivity contribution >= 4 is 44.1 Å². The van der Waals surface area contributed by atoms with E-state index in [9.17, 15) is 12.8 Å². The second-order valence-electron chi connectivity index (χ2n) is 6.37. The lowest BCUT2D eigenvalue weighted by molar-refractivity contribution is 0.601. The summed E-state index contributed by atoms with van der Waals surface area (Å²) in [6.07, 6.45) is 0. The number of fused-ring (bicyclic) bond motifs is 1.